The summed E-state index contributed by atoms with van der Waals surface area (Å²) < 4.78 is 28.0. The summed E-state index contributed by atoms with van der Waals surface area (Å²) in [4.78, 5) is 15.4. The maximum Gasteiger partial charge on any atom is 0.261 e. The van der Waals surface area contributed by atoms with E-state index in [1.54, 1.807) is 23.1 Å². The van der Waals surface area contributed by atoms with E-state index in [4.69, 9.17) is 11.6 Å². The fourth-order valence-electron chi connectivity index (χ4n) is 3.64. The lowest BCUT2D eigenvalue weighted by Gasteiger charge is -2.23. The first kappa shape index (κ1) is 24.5. The quantitative estimate of drug-likeness (QED) is 0.306. The average Bonchev–Trinajstić information content (AvgIpc) is 2.86. The van der Waals surface area contributed by atoms with Gasteiger partial charge in [0.15, 0.2) is 0 Å². The summed E-state index contributed by atoms with van der Waals surface area (Å²) in [6.45, 7) is 2.73. The number of hydrogen-bond acceptors (Lipinski definition) is 3. The Labute approximate surface area is 211 Å². The van der Waals surface area contributed by atoms with E-state index >= 15 is 0 Å². The Morgan fingerprint density at radius 2 is 1.34 bits per heavy atom. The SMILES string of the molecule is Cc1ccc(S(=O)(=O)Nc2ccc(C(=O)N(Cc3ccccc3)Cc3ccccc3)cc2Cl)cc1. The highest BCUT2D eigenvalue weighted by atomic mass is 35.5. The van der Waals surface area contributed by atoms with Crippen LogP contribution in [0, 0.1) is 6.92 Å². The molecule has 4 aromatic carbocycles. The van der Waals surface area contributed by atoms with Crippen molar-refractivity contribution in [3.63, 3.8) is 0 Å². The Morgan fingerprint density at radius 1 is 0.800 bits per heavy atom. The lowest BCUT2D eigenvalue weighted by atomic mass is 10.1. The molecule has 4 aromatic rings. The molecule has 0 fully saturated rings. The molecule has 0 aliphatic carbocycles. The predicted molar refractivity (Wildman–Crippen MR) is 140 cm³/mol. The van der Waals surface area contributed by atoms with Gasteiger partial charge < -0.3 is 4.90 Å². The van der Waals surface area contributed by atoms with E-state index < -0.39 is 10.0 Å². The maximum absolute atomic E-state index is 13.5. The molecule has 7 heteroatoms. The van der Waals surface area contributed by atoms with Gasteiger partial charge in [0, 0.05) is 18.7 Å². The number of hydrogen-bond donors (Lipinski definition) is 1. The molecule has 0 aromatic heterocycles. The molecule has 0 saturated carbocycles. The Bertz CT molecular complexity index is 1370. The van der Waals surface area contributed by atoms with E-state index in [1.165, 1.54) is 24.3 Å². The van der Waals surface area contributed by atoms with Crippen LogP contribution in [0.5, 0.6) is 0 Å². The normalized spacial score (nSPS) is 11.1. The second kappa shape index (κ2) is 10.8. The van der Waals surface area contributed by atoms with Gasteiger partial charge in [0.05, 0.1) is 15.6 Å². The standard InChI is InChI=1S/C28H25ClN2O3S/c1-21-12-15-25(16-13-21)35(33,34)30-27-17-14-24(18-26(27)29)28(32)31(19-22-8-4-2-5-9-22)20-23-10-6-3-7-11-23/h2-18,30H,19-20H2,1H3. The summed E-state index contributed by atoms with van der Waals surface area (Å²) in [5.74, 6) is -0.201. The van der Waals surface area contributed by atoms with Crippen LogP contribution in [-0.2, 0) is 23.1 Å². The first-order valence-electron chi connectivity index (χ1n) is 11.1. The summed E-state index contributed by atoms with van der Waals surface area (Å²) in [6.07, 6.45) is 0. The zero-order chi connectivity index (χ0) is 24.8. The highest BCUT2D eigenvalue weighted by Crippen LogP contribution is 2.27. The Hall–Kier alpha value is -3.61. The third-order valence-corrected chi connectivity index (χ3v) is 7.21. The lowest BCUT2D eigenvalue weighted by Crippen LogP contribution is -2.30. The summed E-state index contributed by atoms with van der Waals surface area (Å²) >= 11 is 6.42. The number of rotatable bonds is 8. The van der Waals surface area contributed by atoms with Crippen molar-refractivity contribution in [2.45, 2.75) is 24.9 Å². The van der Waals surface area contributed by atoms with Crippen molar-refractivity contribution < 1.29 is 13.2 Å². The molecule has 35 heavy (non-hydrogen) atoms. The van der Waals surface area contributed by atoms with Gasteiger partial charge in [-0.3, -0.25) is 9.52 Å². The lowest BCUT2D eigenvalue weighted by molar-refractivity contribution is 0.0730. The number of nitrogens with one attached hydrogen (secondary N) is 1. The molecule has 0 spiro atoms. The van der Waals surface area contributed by atoms with Crippen LogP contribution >= 0.6 is 11.6 Å². The van der Waals surface area contributed by atoms with Crippen LogP contribution in [0.2, 0.25) is 5.02 Å². The number of nitrogens with zero attached hydrogens (tertiary/aromatic N) is 1. The van der Waals surface area contributed by atoms with E-state index in [2.05, 4.69) is 4.72 Å². The van der Waals surface area contributed by atoms with Crippen LogP contribution in [-0.4, -0.2) is 19.2 Å². The smallest absolute Gasteiger partial charge is 0.261 e. The fourth-order valence-corrected chi connectivity index (χ4v) is 5.01. The van der Waals surface area contributed by atoms with Gasteiger partial charge in [0.2, 0.25) is 0 Å². The van der Waals surface area contributed by atoms with Crippen LogP contribution in [0.1, 0.15) is 27.0 Å². The number of halogens is 1. The topological polar surface area (TPSA) is 66.5 Å². The average molecular weight is 505 g/mol. The number of amides is 1. The predicted octanol–water partition coefficient (Wildman–Crippen LogP) is 6.29. The monoisotopic (exact) mass is 504 g/mol. The van der Waals surface area contributed by atoms with Gasteiger partial charge in [0.1, 0.15) is 0 Å². The molecule has 0 radical (unpaired) electrons. The van der Waals surface area contributed by atoms with Crippen molar-refractivity contribution in [3.05, 3.63) is 130 Å². The Kier molecular flexibility index (Phi) is 7.54. The molecular formula is C28H25ClN2O3S. The molecule has 0 aliphatic heterocycles. The Balaban J connectivity index is 1.57. The molecule has 1 amide bonds. The van der Waals surface area contributed by atoms with Crippen LogP contribution in [0.3, 0.4) is 0 Å². The first-order valence-corrected chi connectivity index (χ1v) is 12.9. The van der Waals surface area contributed by atoms with E-state index in [-0.39, 0.29) is 21.5 Å². The highest BCUT2D eigenvalue weighted by molar-refractivity contribution is 7.92. The molecule has 1 N–H and O–H groups in total. The van der Waals surface area contributed by atoms with Crippen LogP contribution in [0.25, 0.3) is 0 Å². The van der Waals surface area contributed by atoms with Crippen molar-refractivity contribution in [1.29, 1.82) is 0 Å². The van der Waals surface area contributed by atoms with Gasteiger partial charge in [-0.2, -0.15) is 0 Å². The number of sulfonamides is 1. The van der Waals surface area contributed by atoms with E-state index in [0.29, 0.717) is 18.7 Å². The van der Waals surface area contributed by atoms with Gasteiger partial charge in [-0.05, 0) is 48.4 Å². The summed E-state index contributed by atoms with van der Waals surface area (Å²) in [5, 5.41) is 0.144. The van der Waals surface area contributed by atoms with Gasteiger partial charge in [-0.25, -0.2) is 8.42 Å². The molecule has 0 heterocycles. The molecule has 0 unspecified atom stereocenters. The second-order valence-corrected chi connectivity index (χ2v) is 10.3. The van der Waals surface area contributed by atoms with Crippen molar-refractivity contribution in [2.24, 2.45) is 0 Å². The van der Waals surface area contributed by atoms with Crippen LogP contribution in [0.4, 0.5) is 5.69 Å². The number of aryl methyl sites for hydroxylation is 1. The Morgan fingerprint density at radius 3 is 1.86 bits per heavy atom. The zero-order valence-corrected chi connectivity index (χ0v) is 20.8. The third kappa shape index (κ3) is 6.29. The summed E-state index contributed by atoms with van der Waals surface area (Å²) in [6, 6.07) is 30.6. The molecule has 178 valence electrons. The van der Waals surface area contributed by atoms with E-state index in [9.17, 15) is 13.2 Å². The molecule has 0 aliphatic rings. The largest absolute Gasteiger partial charge is 0.330 e. The molecule has 4 rings (SSSR count). The summed E-state index contributed by atoms with van der Waals surface area (Å²) in [7, 11) is -3.81. The highest BCUT2D eigenvalue weighted by Gasteiger charge is 2.20. The molecule has 0 atom stereocenters. The van der Waals surface area contributed by atoms with Crippen LogP contribution in [0.15, 0.2) is 108 Å². The number of anilines is 1. The van der Waals surface area contributed by atoms with Crippen molar-refractivity contribution in [3.8, 4) is 0 Å². The molecule has 0 bridgehead atoms. The van der Waals surface area contributed by atoms with Crippen molar-refractivity contribution in [1.82, 2.24) is 4.90 Å². The number of carbonyl (C=O) groups is 1. The van der Waals surface area contributed by atoms with Crippen molar-refractivity contribution >= 4 is 33.2 Å². The van der Waals surface area contributed by atoms with Crippen LogP contribution < -0.4 is 4.72 Å². The minimum Gasteiger partial charge on any atom is -0.330 e. The first-order chi connectivity index (χ1) is 16.8. The molecule has 5 nitrogen and oxygen atoms in total. The van der Waals surface area contributed by atoms with Gasteiger partial charge in [0.25, 0.3) is 15.9 Å². The second-order valence-electron chi connectivity index (χ2n) is 8.25. The fraction of sp³-hybridized carbons (Fsp3) is 0.107. The third-order valence-electron chi connectivity index (χ3n) is 5.51. The minimum atomic E-state index is -3.81. The van der Waals surface area contributed by atoms with E-state index in [1.807, 2.05) is 67.6 Å². The summed E-state index contributed by atoms with van der Waals surface area (Å²) in [5.41, 5.74) is 3.55. The number of carbonyl (C=O) groups excluding carboxylic acids is 1. The van der Waals surface area contributed by atoms with Gasteiger partial charge in [-0.15, -0.1) is 0 Å². The number of benzene rings is 4. The molecular weight excluding hydrogens is 480 g/mol. The minimum absolute atomic E-state index is 0.135. The van der Waals surface area contributed by atoms with Gasteiger partial charge >= 0.3 is 0 Å². The maximum atomic E-state index is 13.5. The molecule has 0 saturated heterocycles. The zero-order valence-electron chi connectivity index (χ0n) is 19.2. The van der Waals surface area contributed by atoms with Gasteiger partial charge in [-0.1, -0.05) is 90.0 Å². The van der Waals surface area contributed by atoms with E-state index in [0.717, 1.165) is 16.7 Å². The van der Waals surface area contributed by atoms with Crippen molar-refractivity contribution in [2.75, 3.05) is 4.72 Å².